The lowest BCUT2D eigenvalue weighted by Crippen LogP contribution is -2.42. The van der Waals surface area contributed by atoms with Gasteiger partial charge in [0.2, 0.25) is 5.88 Å². The Morgan fingerprint density at radius 3 is 2.63 bits per heavy atom. The fourth-order valence-electron chi connectivity index (χ4n) is 1.35. The molecule has 0 spiro atoms. The molecule has 0 aromatic carbocycles. The number of carboxylic acids is 1. The Bertz CT molecular complexity index is 433. The van der Waals surface area contributed by atoms with Gasteiger partial charge in [-0.15, -0.1) is 0 Å². The van der Waals surface area contributed by atoms with Gasteiger partial charge >= 0.3 is 12.0 Å². The van der Waals surface area contributed by atoms with Crippen LogP contribution in [0.2, 0.25) is 0 Å². The van der Waals surface area contributed by atoms with E-state index >= 15 is 0 Å². The minimum atomic E-state index is -1.07. The Kier molecular flexibility index (Phi) is 5.59. The molecule has 3 N–H and O–H groups in total. The third kappa shape index (κ3) is 4.82. The molecule has 104 valence electrons. The van der Waals surface area contributed by atoms with Gasteiger partial charge in [0, 0.05) is 6.07 Å². The zero-order valence-electron chi connectivity index (χ0n) is 10.8. The largest absolute Gasteiger partial charge is 0.480 e. The molecule has 1 heterocycles. The minimum absolute atomic E-state index is 0.310. The molecule has 0 bridgehead atoms. The quantitative estimate of drug-likeness (QED) is 0.724. The molecule has 19 heavy (non-hydrogen) atoms. The number of urea groups is 1. The van der Waals surface area contributed by atoms with Gasteiger partial charge in [0.25, 0.3) is 0 Å². The molecule has 7 heteroatoms. The van der Waals surface area contributed by atoms with Crippen molar-refractivity contribution in [3.63, 3.8) is 0 Å². The van der Waals surface area contributed by atoms with Gasteiger partial charge in [0.15, 0.2) is 0 Å². The van der Waals surface area contributed by atoms with Gasteiger partial charge in [-0.1, -0.05) is 6.92 Å². The topological polar surface area (TPSA) is 101 Å². The molecular weight excluding hydrogens is 250 g/mol. The van der Waals surface area contributed by atoms with Gasteiger partial charge in [-0.25, -0.2) is 14.6 Å². The Balaban J connectivity index is 2.54. The molecule has 0 saturated carbocycles. The van der Waals surface area contributed by atoms with E-state index in [1.165, 1.54) is 6.20 Å². The fraction of sp³-hybridized carbons (Fsp3) is 0.417. The van der Waals surface area contributed by atoms with Gasteiger partial charge in [0.1, 0.15) is 6.04 Å². The molecule has 0 unspecified atom stereocenters. The predicted molar refractivity (Wildman–Crippen MR) is 69.3 cm³/mol. The second-order valence-electron chi connectivity index (χ2n) is 3.72. The number of pyridine rings is 1. The van der Waals surface area contributed by atoms with E-state index in [0.717, 1.165) is 0 Å². The summed E-state index contributed by atoms with van der Waals surface area (Å²) in [5, 5.41) is 13.7. The first-order chi connectivity index (χ1) is 9.06. The van der Waals surface area contributed by atoms with E-state index < -0.39 is 18.0 Å². The van der Waals surface area contributed by atoms with Gasteiger partial charge in [0.05, 0.1) is 18.5 Å². The van der Waals surface area contributed by atoms with Gasteiger partial charge in [-0.2, -0.15) is 0 Å². The van der Waals surface area contributed by atoms with Gasteiger partial charge < -0.3 is 20.5 Å². The molecule has 0 radical (unpaired) electrons. The Morgan fingerprint density at radius 1 is 1.42 bits per heavy atom. The average molecular weight is 267 g/mol. The van der Waals surface area contributed by atoms with Crippen molar-refractivity contribution in [1.29, 1.82) is 0 Å². The fourth-order valence-corrected chi connectivity index (χ4v) is 1.35. The molecular formula is C12H17N3O4. The Morgan fingerprint density at radius 2 is 2.16 bits per heavy atom. The van der Waals surface area contributed by atoms with Crippen molar-refractivity contribution in [2.45, 2.75) is 26.3 Å². The van der Waals surface area contributed by atoms with E-state index in [9.17, 15) is 9.59 Å². The number of amides is 2. The highest BCUT2D eigenvalue weighted by molar-refractivity contribution is 5.92. The number of aromatic nitrogens is 1. The van der Waals surface area contributed by atoms with Crippen molar-refractivity contribution >= 4 is 17.7 Å². The second kappa shape index (κ2) is 7.20. The molecule has 7 nitrogen and oxygen atoms in total. The number of carboxylic acid groups (broad SMARTS) is 1. The standard InChI is InChI=1S/C12H17N3O4/c1-3-9(11(16)17)15-12(18)14-8-5-6-10(13-7-8)19-4-2/h5-7,9H,3-4H2,1-2H3,(H,16,17)(H2,14,15,18)/t9-/m1/s1. The van der Waals surface area contributed by atoms with Crippen molar-refractivity contribution in [1.82, 2.24) is 10.3 Å². The molecule has 2 amide bonds. The third-order valence-electron chi connectivity index (χ3n) is 2.30. The zero-order valence-corrected chi connectivity index (χ0v) is 10.8. The van der Waals surface area contributed by atoms with E-state index in [2.05, 4.69) is 15.6 Å². The minimum Gasteiger partial charge on any atom is -0.480 e. The van der Waals surface area contributed by atoms with Crippen molar-refractivity contribution in [2.75, 3.05) is 11.9 Å². The SMILES string of the molecule is CCOc1ccc(NC(=O)N[C@H](CC)C(=O)O)cn1. The van der Waals surface area contributed by atoms with Crippen LogP contribution in [-0.2, 0) is 4.79 Å². The van der Waals surface area contributed by atoms with E-state index in [0.29, 0.717) is 24.6 Å². The van der Waals surface area contributed by atoms with Crippen LogP contribution in [0.25, 0.3) is 0 Å². The number of hydrogen-bond donors (Lipinski definition) is 3. The van der Waals surface area contributed by atoms with Crippen LogP contribution in [0.3, 0.4) is 0 Å². The number of nitrogens with one attached hydrogen (secondary N) is 2. The summed E-state index contributed by atoms with van der Waals surface area (Å²) in [5.41, 5.74) is 0.459. The number of aliphatic carboxylic acids is 1. The number of nitrogens with zero attached hydrogens (tertiary/aromatic N) is 1. The van der Waals surface area contributed by atoms with E-state index in [1.807, 2.05) is 6.92 Å². The lowest BCUT2D eigenvalue weighted by molar-refractivity contribution is -0.139. The summed E-state index contributed by atoms with van der Waals surface area (Å²) >= 11 is 0. The summed E-state index contributed by atoms with van der Waals surface area (Å²) in [5.74, 6) is -0.604. The van der Waals surface area contributed by atoms with Crippen LogP contribution in [0.4, 0.5) is 10.5 Å². The van der Waals surface area contributed by atoms with Crippen LogP contribution in [0.5, 0.6) is 5.88 Å². The van der Waals surface area contributed by atoms with Gasteiger partial charge in [-0.3, -0.25) is 0 Å². The van der Waals surface area contributed by atoms with Crippen LogP contribution in [0, 0.1) is 0 Å². The Hall–Kier alpha value is -2.31. The maximum Gasteiger partial charge on any atom is 0.326 e. The molecule has 1 aromatic heterocycles. The van der Waals surface area contributed by atoms with Crippen LogP contribution in [-0.4, -0.2) is 34.7 Å². The molecule has 1 rings (SSSR count). The highest BCUT2D eigenvalue weighted by Crippen LogP contribution is 2.11. The maximum atomic E-state index is 11.6. The average Bonchev–Trinajstić information content (AvgIpc) is 2.38. The second-order valence-corrected chi connectivity index (χ2v) is 3.72. The van der Waals surface area contributed by atoms with Crippen molar-refractivity contribution < 1.29 is 19.4 Å². The van der Waals surface area contributed by atoms with Crippen LogP contribution in [0.15, 0.2) is 18.3 Å². The third-order valence-corrected chi connectivity index (χ3v) is 2.30. The van der Waals surface area contributed by atoms with Crippen molar-refractivity contribution in [2.24, 2.45) is 0 Å². The van der Waals surface area contributed by atoms with Crippen LogP contribution < -0.4 is 15.4 Å². The van der Waals surface area contributed by atoms with Crippen molar-refractivity contribution in [3.05, 3.63) is 18.3 Å². The molecule has 1 atom stereocenters. The van der Waals surface area contributed by atoms with Crippen molar-refractivity contribution in [3.8, 4) is 5.88 Å². The monoisotopic (exact) mass is 267 g/mol. The summed E-state index contributed by atoms with van der Waals surface area (Å²) in [6, 6.07) is 1.75. The van der Waals surface area contributed by atoms with E-state index in [-0.39, 0.29) is 0 Å². The maximum absolute atomic E-state index is 11.6. The van der Waals surface area contributed by atoms with Gasteiger partial charge in [-0.05, 0) is 19.4 Å². The lowest BCUT2D eigenvalue weighted by Gasteiger charge is -2.13. The summed E-state index contributed by atoms with van der Waals surface area (Å²) in [6.07, 6.45) is 1.75. The molecule has 1 aromatic rings. The number of carbonyl (C=O) groups excluding carboxylic acids is 1. The first kappa shape index (κ1) is 14.7. The summed E-state index contributed by atoms with van der Waals surface area (Å²) < 4.78 is 5.16. The number of hydrogen-bond acceptors (Lipinski definition) is 4. The number of carbonyl (C=O) groups is 2. The molecule has 0 aliphatic carbocycles. The lowest BCUT2D eigenvalue weighted by atomic mass is 10.2. The molecule has 0 fully saturated rings. The summed E-state index contributed by atoms with van der Waals surface area (Å²) in [6.45, 7) is 4.03. The normalized spacial score (nSPS) is 11.5. The highest BCUT2D eigenvalue weighted by Gasteiger charge is 2.17. The smallest absolute Gasteiger partial charge is 0.326 e. The Labute approximate surface area is 111 Å². The first-order valence-corrected chi connectivity index (χ1v) is 5.96. The number of anilines is 1. The number of rotatable bonds is 6. The summed E-state index contributed by atoms with van der Waals surface area (Å²) in [4.78, 5) is 26.3. The molecule has 0 saturated heterocycles. The number of ether oxygens (including phenoxy) is 1. The zero-order chi connectivity index (χ0) is 14.3. The summed E-state index contributed by atoms with van der Waals surface area (Å²) in [7, 11) is 0. The first-order valence-electron chi connectivity index (χ1n) is 5.96. The van der Waals surface area contributed by atoms with E-state index in [4.69, 9.17) is 9.84 Å². The van der Waals surface area contributed by atoms with Crippen LogP contribution in [0.1, 0.15) is 20.3 Å². The molecule has 0 aliphatic rings. The predicted octanol–water partition coefficient (Wildman–Crippen LogP) is 1.47. The van der Waals surface area contributed by atoms with E-state index in [1.54, 1.807) is 19.1 Å². The highest BCUT2D eigenvalue weighted by atomic mass is 16.5. The molecule has 0 aliphatic heterocycles. The van der Waals surface area contributed by atoms with Crippen LogP contribution >= 0.6 is 0 Å².